The largest absolute Gasteiger partial charge is 0.100 e. The fourth-order valence-electron chi connectivity index (χ4n) is 3.61. The van der Waals surface area contributed by atoms with E-state index in [1.165, 1.54) is 36.8 Å². The first-order chi connectivity index (χ1) is 8.49. The zero-order chi connectivity index (χ0) is 13.7. The van der Waals surface area contributed by atoms with E-state index in [4.69, 9.17) is 0 Å². The van der Waals surface area contributed by atoms with Crippen LogP contribution in [0.3, 0.4) is 0 Å². The predicted molar refractivity (Wildman–Crippen MR) is 82.6 cm³/mol. The van der Waals surface area contributed by atoms with Crippen molar-refractivity contribution in [3.63, 3.8) is 0 Å². The highest BCUT2D eigenvalue weighted by atomic mass is 14.4. The summed E-state index contributed by atoms with van der Waals surface area (Å²) in [5.41, 5.74) is 2.78. The molecule has 1 rings (SSSR count). The molecule has 1 saturated carbocycles. The van der Waals surface area contributed by atoms with Crippen LogP contribution in [0, 0.1) is 23.7 Å². The van der Waals surface area contributed by atoms with E-state index < -0.39 is 0 Å². The molecule has 1 aliphatic carbocycles. The van der Waals surface area contributed by atoms with E-state index >= 15 is 0 Å². The average Bonchev–Trinajstić information content (AvgIpc) is 2.36. The minimum atomic E-state index is 0.757. The number of hydrogen-bond donors (Lipinski definition) is 0. The van der Waals surface area contributed by atoms with Crippen LogP contribution in [0.15, 0.2) is 24.3 Å². The second-order valence-electron chi connectivity index (χ2n) is 6.49. The lowest BCUT2D eigenvalue weighted by atomic mass is 9.64. The van der Waals surface area contributed by atoms with Gasteiger partial charge in [-0.25, -0.2) is 0 Å². The van der Waals surface area contributed by atoms with Gasteiger partial charge in [-0.15, -0.1) is 6.58 Å². The molecule has 0 heteroatoms. The highest BCUT2D eigenvalue weighted by molar-refractivity contribution is 5.08. The predicted octanol–water partition coefficient (Wildman–Crippen LogP) is 6.00. The van der Waals surface area contributed by atoms with Crippen molar-refractivity contribution >= 4 is 0 Å². The van der Waals surface area contributed by atoms with Crippen LogP contribution in [-0.4, -0.2) is 0 Å². The standard InChI is InChI=1S/C18H32/c1-7-16-11-17(8-2)15(6)18(12-16)14(5)10-9-13(3)4/h15-18H,3,5,7-12H2,1-2,4,6H3. The molecule has 4 unspecified atom stereocenters. The summed E-state index contributed by atoms with van der Waals surface area (Å²) < 4.78 is 0. The Morgan fingerprint density at radius 1 is 1.06 bits per heavy atom. The molecule has 4 atom stereocenters. The van der Waals surface area contributed by atoms with Crippen LogP contribution in [0.5, 0.6) is 0 Å². The smallest absolute Gasteiger partial charge is 0.0175 e. The molecule has 0 spiro atoms. The summed E-state index contributed by atoms with van der Waals surface area (Å²) in [4.78, 5) is 0. The van der Waals surface area contributed by atoms with Crippen molar-refractivity contribution in [2.24, 2.45) is 23.7 Å². The first-order valence-corrected chi connectivity index (χ1v) is 7.81. The number of allylic oxidation sites excluding steroid dienone is 2. The van der Waals surface area contributed by atoms with Gasteiger partial charge in [-0.3, -0.25) is 0 Å². The molecule has 0 aliphatic heterocycles. The van der Waals surface area contributed by atoms with Gasteiger partial charge in [-0.05, 0) is 56.3 Å². The fourth-order valence-corrected chi connectivity index (χ4v) is 3.61. The van der Waals surface area contributed by atoms with Crippen LogP contribution in [-0.2, 0) is 0 Å². The lowest BCUT2D eigenvalue weighted by molar-refractivity contribution is 0.131. The van der Waals surface area contributed by atoms with Crippen LogP contribution in [0.2, 0.25) is 0 Å². The second kappa shape index (κ2) is 7.16. The zero-order valence-electron chi connectivity index (χ0n) is 13.0. The van der Waals surface area contributed by atoms with E-state index in [-0.39, 0.29) is 0 Å². The van der Waals surface area contributed by atoms with Gasteiger partial charge in [0.2, 0.25) is 0 Å². The molecule has 0 aromatic heterocycles. The van der Waals surface area contributed by atoms with E-state index in [9.17, 15) is 0 Å². The quantitative estimate of drug-likeness (QED) is 0.506. The molecular formula is C18H32. The number of hydrogen-bond acceptors (Lipinski definition) is 0. The Morgan fingerprint density at radius 3 is 2.22 bits per heavy atom. The highest BCUT2D eigenvalue weighted by Gasteiger charge is 2.34. The third-order valence-electron chi connectivity index (χ3n) is 5.10. The van der Waals surface area contributed by atoms with Crippen molar-refractivity contribution in [1.29, 1.82) is 0 Å². The Labute approximate surface area is 115 Å². The van der Waals surface area contributed by atoms with Gasteiger partial charge in [0, 0.05) is 0 Å². The summed E-state index contributed by atoms with van der Waals surface area (Å²) in [5, 5.41) is 0. The van der Waals surface area contributed by atoms with Crippen molar-refractivity contribution in [1.82, 2.24) is 0 Å². The Kier molecular flexibility index (Phi) is 6.18. The van der Waals surface area contributed by atoms with Gasteiger partial charge >= 0.3 is 0 Å². The molecule has 0 saturated heterocycles. The lowest BCUT2D eigenvalue weighted by Gasteiger charge is -2.41. The maximum atomic E-state index is 4.40. The summed E-state index contributed by atoms with van der Waals surface area (Å²) in [6.45, 7) is 17.7. The van der Waals surface area contributed by atoms with Crippen LogP contribution in [0.1, 0.15) is 66.2 Å². The van der Waals surface area contributed by atoms with Gasteiger partial charge in [0.25, 0.3) is 0 Å². The van der Waals surface area contributed by atoms with Gasteiger partial charge in [-0.2, -0.15) is 0 Å². The fraction of sp³-hybridized carbons (Fsp3) is 0.778. The second-order valence-corrected chi connectivity index (χ2v) is 6.49. The summed E-state index contributed by atoms with van der Waals surface area (Å²) in [6, 6.07) is 0. The molecule has 0 N–H and O–H groups in total. The zero-order valence-corrected chi connectivity index (χ0v) is 13.0. The maximum absolute atomic E-state index is 4.40. The Morgan fingerprint density at radius 2 is 1.72 bits per heavy atom. The summed E-state index contributed by atoms with van der Waals surface area (Å²) >= 11 is 0. The summed E-state index contributed by atoms with van der Waals surface area (Å²) in [5.74, 6) is 3.43. The van der Waals surface area contributed by atoms with E-state index in [0.29, 0.717) is 0 Å². The normalized spacial score (nSPS) is 32.2. The molecule has 0 nitrogen and oxygen atoms in total. The van der Waals surface area contributed by atoms with Gasteiger partial charge in [0.1, 0.15) is 0 Å². The van der Waals surface area contributed by atoms with E-state index in [1.54, 1.807) is 0 Å². The SMILES string of the molecule is C=C(C)CCC(=C)C1CC(CC)CC(CC)C1C. The van der Waals surface area contributed by atoms with Crippen LogP contribution < -0.4 is 0 Å². The molecule has 0 bridgehead atoms. The summed E-state index contributed by atoms with van der Waals surface area (Å²) in [6.07, 6.45) is 7.77. The van der Waals surface area contributed by atoms with Crippen LogP contribution in [0.4, 0.5) is 0 Å². The van der Waals surface area contributed by atoms with Gasteiger partial charge in [-0.1, -0.05) is 51.3 Å². The third kappa shape index (κ3) is 4.00. The molecule has 104 valence electrons. The van der Waals surface area contributed by atoms with Crippen LogP contribution in [0.25, 0.3) is 0 Å². The summed E-state index contributed by atoms with van der Waals surface area (Å²) in [7, 11) is 0. The molecule has 0 radical (unpaired) electrons. The van der Waals surface area contributed by atoms with E-state index in [2.05, 4.69) is 40.9 Å². The maximum Gasteiger partial charge on any atom is -0.0175 e. The van der Waals surface area contributed by atoms with Gasteiger partial charge < -0.3 is 0 Å². The van der Waals surface area contributed by atoms with Crippen molar-refractivity contribution < 1.29 is 0 Å². The Balaban J connectivity index is 2.65. The lowest BCUT2D eigenvalue weighted by Crippen LogP contribution is -2.31. The van der Waals surface area contributed by atoms with Crippen molar-refractivity contribution in [3.05, 3.63) is 24.3 Å². The van der Waals surface area contributed by atoms with E-state index in [1.807, 2.05) is 0 Å². The Hall–Kier alpha value is -0.520. The van der Waals surface area contributed by atoms with Gasteiger partial charge in [0.05, 0.1) is 0 Å². The van der Waals surface area contributed by atoms with Crippen molar-refractivity contribution in [3.8, 4) is 0 Å². The Bertz CT molecular complexity index is 286. The molecular weight excluding hydrogens is 216 g/mol. The molecule has 1 fully saturated rings. The van der Waals surface area contributed by atoms with Crippen LogP contribution >= 0.6 is 0 Å². The molecule has 0 heterocycles. The average molecular weight is 248 g/mol. The van der Waals surface area contributed by atoms with E-state index in [0.717, 1.165) is 36.5 Å². The first-order valence-electron chi connectivity index (χ1n) is 7.81. The molecule has 0 aromatic carbocycles. The monoisotopic (exact) mass is 248 g/mol. The highest BCUT2D eigenvalue weighted by Crippen LogP contribution is 2.44. The number of rotatable bonds is 6. The minimum Gasteiger partial charge on any atom is -0.100 e. The van der Waals surface area contributed by atoms with Crippen molar-refractivity contribution in [2.75, 3.05) is 0 Å². The topological polar surface area (TPSA) is 0 Å². The van der Waals surface area contributed by atoms with Crippen molar-refractivity contribution in [2.45, 2.75) is 66.2 Å². The third-order valence-corrected chi connectivity index (χ3v) is 5.10. The molecule has 0 amide bonds. The van der Waals surface area contributed by atoms with Gasteiger partial charge in [0.15, 0.2) is 0 Å². The minimum absolute atomic E-state index is 0.757. The molecule has 18 heavy (non-hydrogen) atoms. The first kappa shape index (κ1) is 15.5. The molecule has 0 aromatic rings. The molecule has 1 aliphatic rings.